The first kappa shape index (κ1) is 20.3. The summed E-state index contributed by atoms with van der Waals surface area (Å²) in [6.45, 7) is 2.87. The Morgan fingerprint density at radius 2 is 1.74 bits per heavy atom. The van der Waals surface area contributed by atoms with Gasteiger partial charge in [0, 0.05) is 26.2 Å². The van der Waals surface area contributed by atoms with Crippen LogP contribution in [0, 0.1) is 0 Å². The second-order valence-electron chi connectivity index (χ2n) is 8.11. The zero-order valence-electron chi connectivity index (χ0n) is 17.2. The van der Waals surface area contributed by atoms with E-state index in [2.05, 4.69) is 29.2 Å². The van der Waals surface area contributed by atoms with E-state index in [4.69, 9.17) is 4.74 Å². The van der Waals surface area contributed by atoms with Gasteiger partial charge < -0.3 is 4.74 Å². The molecule has 31 heavy (non-hydrogen) atoms. The molecule has 1 unspecified atom stereocenters. The number of ether oxygens (including phenoxy) is 1. The fourth-order valence-corrected chi connectivity index (χ4v) is 6.11. The molecule has 3 aromatic rings. The third kappa shape index (κ3) is 3.90. The van der Waals surface area contributed by atoms with Crippen molar-refractivity contribution in [1.29, 1.82) is 0 Å². The maximum Gasteiger partial charge on any atom is 0.274 e. The fourth-order valence-electron chi connectivity index (χ4n) is 4.45. The van der Waals surface area contributed by atoms with E-state index >= 15 is 0 Å². The lowest BCUT2D eigenvalue weighted by Crippen LogP contribution is -2.32. The van der Waals surface area contributed by atoms with Crippen LogP contribution in [-0.2, 0) is 0 Å². The third-order valence-corrected chi connectivity index (χ3v) is 7.94. The zero-order chi connectivity index (χ0) is 21.4. The molecule has 1 fully saturated rings. The molecule has 2 heterocycles. The normalized spacial score (nSPS) is 21.4. The van der Waals surface area contributed by atoms with E-state index in [9.17, 15) is 13.9 Å². The van der Waals surface area contributed by atoms with Crippen LogP contribution in [-0.4, -0.2) is 56.5 Å². The molecule has 1 atom stereocenters. The van der Waals surface area contributed by atoms with E-state index < -0.39 is 10.8 Å². The van der Waals surface area contributed by atoms with E-state index in [1.54, 1.807) is 24.3 Å². The number of hydrogen-bond donors (Lipinski definition) is 2. The molecular formula is C24H26N2O4S. The van der Waals surface area contributed by atoms with Gasteiger partial charge in [-0.1, -0.05) is 53.2 Å². The highest BCUT2D eigenvalue weighted by atomic mass is 32.3. The molecule has 0 aliphatic carbocycles. The summed E-state index contributed by atoms with van der Waals surface area (Å²) < 4.78 is 28.6. The van der Waals surface area contributed by atoms with Crippen LogP contribution in [0.3, 0.4) is 0 Å². The minimum absolute atomic E-state index is 0.138. The highest BCUT2D eigenvalue weighted by Gasteiger charge is 2.40. The number of hydrogen-bond acceptors (Lipinski definition) is 5. The molecule has 6 nitrogen and oxygen atoms in total. The van der Waals surface area contributed by atoms with Crippen molar-refractivity contribution in [2.75, 3.05) is 26.2 Å². The first-order valence-corrected chi connectivity index (χ1v) is 12.1. The van der Waals surface area contributed by atoms with Crippen LogP contribution in [0.15, 0.2) is 71.6 Å². The number of nitrogens with zero attached hydrogens (tertiary/aromatic N) is 2. The molecular weight excluding hydrogens is 412 g/mol. The number of likely N-dealkylation sites (tertiary alicyclic amines) is 1. The highest BCUT2D eigenvalue weighted by Crippen LogP contribution is 2.58. The molecule has 1 amide bonds. The quantitative estimate of drug-likeness (QED) is 0.575. The molecule has 1 saturated heterocycles. The number of fused-ring (bicyclic) bond motifs is 2. The smallest absolute Gasteiger partial charge is 0.274 e. The molecule has 2 aliphatic rings. The van der Waals surface area contributed by atoms with Crippen LogP contribution < -0.4 is 4.74 Å². The van der Waals surface area contributed by atoms with Crippen LogP contribution in [0.25, 0.3) is 10.8 Å². The van der Waals surface area contributed by atoms with E-state index in [1.165, 1.54) is 15.1 Å². The van der Waals surface area contributed by atoms with Crippen LogP contribution in [0.4, 0.5) is 0 Å². The van der Waals surface area contributed by atoms with Crippen molar-refractivity contribution in [1.82, 2.24) is 9.21 Å². The van der Waals surface area contributed by atoms with Gasteiger partial charge in [0.2, 0.25) is 0 Å². The van der Waals surface area contributed by atoms with Gasteiger partial charge >= 0.3 is 0 Å². The average Bonchev–Trinajstić information content (AvgIpc) is 3.30. The van der Waals surface area contributed by atoms with Crippen molar-refractivity contribution >= 4 is 27.5 Å². The van der Waals surface area contributed by atoms with Crippen molar-refractivity contribution in [2.24, 2.45) is 0 Å². The van der Waals surface area contributed by atoms with E-state index in [0.717, 1.165) is 31.8 Å². The van der Waals surface area contributed by atoms with E-state index in [0.29, 0.717) is 23.4 Å². The molecule has 7 heteroatoms. The lowest BCUT2D eigenvalue weighted by atomic mass is 10.1. The predicted octanol–water partition coefficient (Wildman–Crippen LogP) is 4.86. The Morgan fingerprint density at radius 3 is 2.58 bits per heavy atom. The standard InChI is InChI=1S/C24H26N2O4S/c27-24-22-8-3-4-9-23(22)31(28,29)26(24)14-5-13-25-15-12-21(17-25)30-20-11-10-18-6-1-2-7-19(18)16-20/h1-4,6-11,16,21,28-29H,5,12-15,17H2. The molecule has 0 radical (unpaired) electrons. The van der Waals surface area contributed by atoms with Gasteiger partial charge in [0.25, 0.3) is 5.91 Å². The molecule has 0 bridgehead atoms. The largest absolute Gasteiger partial charge is 0.489 e. The Hall–Kier alpha value is -2.58. The summed E-state index contributed by atoms with van der Waals surface area (Å²) in [5.41, 5.74) is 0.396. The molecule has 162 valence electrons. The van der Waals surface area contributed by atoms with Crippen LogP contribution in [0.5, 0.6) is 5.75 Å². The molecule has 5 rings (SSSR count). The zero-order valence-corrected chi connectivity index (χ0v) is 18.0. The Balaban J connectivity index is 1.14. The Kier molecular flexibility index (Phi) is 5.35. The summed E-state index contributed by atoms with van der Waals surface area (Å²) in [6, 6.07) is 21.2. The maximum absolute atomic E-state index is 12.6. The van der Waals surface area contributed by atoms with Crippen molar-refractivity contribution in [3.63, 3.8) is 0 Å². The van der Waals surface area contributed by atoms with Gasteiger partial charge in [-0.25, -0.2) is 4.31 Å². The first-order valence-electron chi connectivity index (χ1n) is 10.6. The molecule has 0 spiro atoms. The van der Waals surface area contributed by atoms with E-state index in [-0.39, 0.29) is 12.0 Å². The first-order chi connectivity index (χ1) is 15.0. The minimum atomic E-state index is -3.22. The highest BCUT2D eigenvalue weighted by molar-refractivity contribution is 8.23. The third-order valence-electron chi connectivity index (χ3n) is 6.03. The summed E-state index contributed by atoms with van der Waals surface area (Å²) in [6.07, 6.45) is 1.77. The van der Waals surface area contributed by atoms with Crippen LogP contribution >= 0.6 is 10.8 Å². The second-order valence-corrected chi connectivity index (χ2v) is 10.0. The molecule has 0 aromatic heterocycles. The molecule has 2 aliphatic heterocycles. The van der Waals surface area contributed by atoms with Crippen LogP contribution in [0.2, 0.25) is 0 Å². The number of rotatable bonds is 6. The van der Waals surface area contributed by atoms with Gasteiger partial charge in [-0.05, 0) is 47.9 Å². The Labute approximate surface area is 183 Å². The maximum atomic E-state index is 12.6. The second kappa shape index (κ2) is 8.16. The lowest BCUT2D eigenvalue weighted by Gasteiger charge is -2.37. The summed E-state index contributed by atoms with van der Waals surface area (Å²) >= 11 is 0. The number of benzene rings is 3. The van der Waals surface area contributed by atoms with Crippen molar-refractivity contribution < 1.29 is 18.6 Å². The van der Waals surface area contributed by atoms with Gasteiger partial charge in [-0.15, -0.1) is 0 Å². The molecule has 3 aromatic carbocycles. The Morgan fingerprint density at radius 1 is 0.968 bits per heavy atom. The summed E-state index contributed by atoms with van der Waals surface area (Å²) in [4.78, 5) is 15.2. The van der Waals surface area contributed by atoms with Crippen molar-refractivity contribution in [3.05, 3.63) is 72.3 Å². The number of carbonyl (C=O) groups is 1. The lowest BCUT2D eigenvalue weighted by molar-refractivity contribution is 0.0858. The fraction of sp³-hybridized carbons (Fsp3) is 0.292. The predicted molar refractivity (Wildman–Crippen MR) is 123 cm³/mol. The van der Waals surface area contributed by atoms with Gasteiger partial charge in [0.1, 0.15) is 11.9 Å². The average molecular weight is 439 g/mol. The van der Waals surface area contributed by atoms with Crippen LogP contribution in [0.1, 0.15) is 23.2 Å². The molecule has 2 N–H and O–H groups in total. The van der Waals surface area contributed by atoms with Crippen molar-refractivity contribution in [3.8, 4) is 5.75 Å². The van der Waals surface area contributed by atoms with Gasteiger partial charge in [0.05, 0.1) is 10.5 Å². The van der Waals surface area contributed by atoms with Gasteiger partial charge in [0.15, 0.2) is 0 Å². The van der Waals surface area contributed by atoms with E-state index in [1.807, 2.05) is 18.2 Å². The SMILES string of the molecule is O=C1c2ccccc2S(O)(O)N1CCCN1CCC(Oc2ccc3ccccc3c2)C1. The monoisotopic (exact) mass is 438 g/mol. The van der Waals surface area contributed by atoms with Gasteiger partial charge in [-0.2, -0.15) is 0 Å². The summed E-state index contributed by atoms with van der Waals surface area (Å²) in [5, 5.41) is 2.37. The van der Waals surface area contributed by atoms with Gasteiger partial charge in [-0.3, -0.25) is 18.8 Å². The molecule has 0 saturated carbocycles. The summed E-state index contributed by atoms with van der Waals surface area (Å²) in [5.74, 6) is 0.592. The number of carbonyl (C=O) groups excluding carboxylic acids is 1. The number of amides is 1. The Bertz CT molecular complexity index is 1120. The minimum Gasteiger partial charge on any atom is -0.489 e. The van der Waals surface area contributed by atoms with Crippen molar-refractivity contribution in [2.45, 2.75) is 23.8 Å². The summed E-state index contributed by atoms with van der Waals surface area (Å²) in [7, 11) is -3.22. The topological polar surface area (TPSA) is 73.2 Å².